The zero-order valence-electron chi connectivity index (χ0n) is 13.7. The minimum atomic E-state index is 0.121. The lowest BCUT2D eigenvalue weighted by Crippen LogP contribution is -2.50. The zero-order chi connectivity index (χ0) is 15.5. The summed E-state index contributed by atoms with van der Waals surface area (Å²) in [7, 11) is 0. The van der Waals surface area contributed by atoms with Crippen LogP contribution in [0.1, 0.15) is 34.7 Å². The molecule has 0 aliphatic carbocycles. The Morgan fingerprint density at radius 2 is 1.91 bits per heavy atom. The molecule has 1 aromatic heterocycles. The topological polar surface area (TPSA) is 48.7 Å². The van der Waals surface area contributed by atoms with Crippen LogP contribution in [0.2, 0.25) is 0 Å². The van der Waals surface area contributed by atoms with Gasteiger partial charge in [0.1, 0.15) is 11.5 Å². The minimum Gasteiger partial charge on any atom is -0.466 e. The largest absolute Gasteiger partial charge is 0.466 e. The molecule has 3 heterocycles. The van der Waals surface area contributed by atoms with Gasteiger partial charge < -0.3 is 14.6 Å². The molecule has 1 aromatic rings. The molecule has 5 heteroatoms. The molecule has 0 bridgehead atoms. The third kappa shape index (κ3) is 3.52. The van der Waals surface area contributed by atoms with Gasteiger partial charge in [-0.3, -0.25) is 9.69 Å². The van der Waals surface area contributed by atoms with E-state index in [2.05, 4.69) is 10.2 Å². The number of piperidine rings is 1. The Morgan fingerprint density at radius 3 is 2.50 bits per heavy atom. The molecule has 3 rings (SSSR count). The van der Waals surface area contributed by atoms with E-state index in [0.717, 1.165) is 62.3 Å². The van der Waals surface area contributed by atoms with E-state index in [4.69, 9.17) is 4.42 Å². The summed E-state index contributed by atoms with van der Waals surface area (Å²) in [5.41, 5.74) is 0.726. The van der Waals surface area contributed by atoms with Gasteiger partial charge in [0.25, 0.3) is 5.91 Å². The molecule has 0 aromatic carbocycles. The smallest absolute Gasteiger partial charge is 0.257 e. The summed E-state index contributed by atoms with van der Waals surface area (Å²) in [6.45, 7) is 10.9. The average molecular weight is 305 g/mol. The van der Waals surface area contributed by atoms with Crippen LogP contribution in [0.15, 0.2) is 10.5 Å². The first-order valence-electron chi connectivity index (χ1n) is 8.43. The van der Waals surface area contributed by atoms with Gasteiger partial charge in [0, 0.05) is 32.7 Å². The van der Waals surface area contributed by atoms with Gasteiger partial charge in [-0.2, -0.15) is 0 Å². The molecule has 1 amide bonds. The van der Waals surface area contributed by atoms with Crippen molar-refractivity contribution in [3.63, 3.8) is 0 Å². The highest BCUT2D eigenvalue weighted by molar-refractivity contribution is 5.95. The highest BCUT2D eigenvalue weighted by Crippen LogP contribution is 2.18. The van der Waals surface area contributed by atoms with Crippen LogP contribution in [0, 0.1) is 19.8 Å². The number of hydrogen-bond acceptors (Lipinski definition) is 4. The first-order chi connectivity index (χ1) is 10.6. The van der Waals surface area contributed by atoms with Crippen molar-refractivity contribution in [1.29, 1.82) is 0 Å². The first-order valence-corrected chi connectivity index (χ1v) is 8.43. The molecule has 2 saturated heterocycles. The number of amides is 1. The van der Waals surface area contributed by atoms with Crippen LogP contribution in [0.4, 0.5) is 0 Å². The van der Waals surface area contributed by atoms with E-state index in [1.807, 2.05) is 24.8 Å². The standard InChI is InChI=1S/C17H27N3O2/c1-13-11-16(14(2)22-13)17(21)20-9-7-19(8-10-20)12-15-3-5-18-6-4-15/h11,15,18H,3-10,12H2,1-2H3. The molecule has 0 saturated carbocycles. The number of carbonyl (C=O) groups is 1. The van der Waals surface area contributed by atoms with Gasteiger partial charge in [0.05, 0.1) is 5.56 Å². The van der Waals surface area contributed by atoms with Crippen LogP contribution in [-0.2, 0) is 0 Å². The molecule has 2 aliphatic rings. The number of nitrogens with zero attached hydrogens (tertiary/aromatic N) is 2. The van der Waals surface area contributed by atoms with Crippen LogP contribution in [0.25, 0.3) is 0 Å². The second-order valence-corrected chi connectivity index (χ2v) is 6.61. The van der Waals surface area contributed by atoms with Crippen LogP contribution >= 0.6 is 0 Å². The number of aryl methyl sites for hydroxylation is 2. The van der Waals surface area contributed by atoms with Gasteiger partial charge >= 0.3 is 0 Å². The van der Waals surface area contributed by atoms with Crippen LogP contribution in [-0.4, -0.2) is 61.5 Å². The highest BCUT2D eigenvalue weighted by atomic mass is 16.3. The van der Waals surface area contributed by atoms with Crippen molar-refractivity contribution in [3.05, 3.63) is 23.2 Å². The van der Waals surface area contributed by atoms with Crippen LogP contribution in [0.3, 0.4) is 0 Å². The third-order valence-electron chi connectivity index (χ3n) is 4.91. The molecule has 5 nitrogen and oxygen atoms in total. The van der Waals surface area contributed by atoms with E-state index in [9.17, 15) is 4.79 Å². The van der Waals surface area contributed by atoms with Gasteiger partial charge in [-0.25, -0.2) is 0 Å². The number of rotatable bonds is 3. The first kappa shape index (κ1) is 15.6. The average Bonchev–Trinajstić information content (AvgIpc) is 2.87. The number of carbonyl (C=O) groups excluding carboxylic acids is 1. The SMILES string of the molecule is Cc1cc(C(=O)N2CCN(CC3CCNCC3)CC2)c(C)o1. The highest BCUT2D eigenvalue weighted by Gasteiger charge is 2.26. The van der Waals surface area contributed by atoms with E-state index >= 15 is 0 Å². The number of piperazine rings is 1. The molecule has 0 radical (unpaired) electrons. The Balaban J connectivity index is 1.50. The second kappa shape index (κ2) is 6.84. The van der Waals surface area contributed by atoms with Gasteiger partial charge in [0.2, 0.25) is 0 Å². The van der Waals surface area contributed by atoms with E-state index in [0.29, 0.717) is 0 Å². The summed E-state index contributed by atoms with van der Waals surface area (Å²) in [5.74, 6) is 2.49. The lowest BCUT2D eigenvalue weighted by Gasteiger charge is -2.37. The molecule has 1 N–H and O–H groups in total. The molecule has 122 valence electrons. The summed E-state index contributed by atoms with van der Waals surface area (Å²) in [6, 6.07) is 1.86. The maximum atomic E-state index is 12.6. The fourth-order valence-electron chi connectivity index (χ4n) is 3.58. The maximum absolute atomic E-state index is 12.6. The van der Waals surface area contributed by atoms with Crippen molar-refractivity contribution >= 4 is 5.91 Å². The monoisotopic (exact) mass is 305 g/mol. The molecular formula is C17H27N3O2. The van der Waals surface area contributed by atoms with Gasteiger partial charge in [0.15, 0.2) is 0 Å². The number of furan rings is 1. The summed E-state index contributed by atoms with van der Waals surface area (Å²) in [5, 5.41) is 3.42. The maximum Gasteiger partial charge on any atom is 0.257 e. The predicted molar refractivity (Wildman–Crippen MR) is 86.1 cm³/mol. The second-order valence-electron chi connectivity index (χ2n) is 6.61. The van der Waals surface area contributed by atoms with Gasteiger partial charge in [-0.1, -0.05) is 0 Å². The molecule has 22 heavy (non-hydrogen) atoms. The van der Waals surface area contributed by atoms with Crippen molar-refractivity contribution in [2.24, 2.45) is 5.92 Å². The van der Waals surface area contributed by atoms with Crippen molar-refractivity contribution in [2.75, 3.05) is 45.8 Å². The van der Waals surface area contributed by atoms with Crippen LogP contribution in [0.5, 0.6) is 0 Å². The number of hydrogen-bond donors (Lipinski definition) is 1. The van der Waals surface area contributed by atoms with Crippen molar-refractivity contribution < 1.29 is 9.21 Å². The fourth-order valence-corrected chi connectivity index (χ4v) is 3.58. The Kier molecular flexibility index (Phi) is 4.84. The van der Waals surface area contributed by atoms with Crippen LogP contribution < -0.4 is 5.32 Å². The lowest BCUT2D eigenvalue weighted by atomic mass is 9.97. The van der Waals surface area contributed by atoms with E-state index in [-0.39, 0.29) is 5.91 Å². The molecular weight excluding hydrogens is 278 g/mol. The normalized spacial score (nSPS) is 21.3. The van der Waals surface area contributed by atoms with Crippen molar-refractivity contribution in [3.8, 4) is 0 Å². The number of nitrogens with one attached hydrogen (secondary N) is 1. The Morgan fingerprint density at radius 1 is 1.23 bits per heavy atom. The fraction of sp³-hybridized carbons (Fsp3) is 0.706. The molecule has 2 fully saturated rings. The van der Waals surface area contributed by atoms with E-state index in [1.165, 1.54) is 19.4 Å². The molecule has 0 atom stereocenters. The van der Waals surface area contributed by atoms with Gasteiger partial charge in [-0.05, 0) is 51.8 Å². The quantitative estimate of drug-likeness (QED) is 0.922. The minimum absolute atomic E-state index is 0.121. The summed E-state index contributed by atoms with van der Waals surface area (Å²) < 4.78 is 5.48. The zero-order valence-corrected chi connectivity index (χ0v) is 13.7. The molecule has 0 spiro atoms. The van der Waals surface area contributed by atoms with Crippen molar-refractivity contribution in [1.82, 2.24) is 15.1 Å². The Hall–Kier alpha value is -1.33. The molecule has 2 aliphatic heterocycles. The van der Waals surface area contributed by atoms with E-state index < -0.39 is 0 Å². The summed E-state index contributed by atoms with van der Waals surface area (Å²) in [4.78, 5) is 17.1. The van der Waals surface area contributed by atoms with E-state index in [1.54, 1.807) is 0 Å². The Bertz CT molecular complexity index is 512. The van der Waals surface area contributed by atoms with Gasteiger partial charge in [-0.15, -0.1) is 0 Å². The summed E-state index contributed by atoms with van der Waals surface area (Å²) >= 11 is 0. The van der Waals surface area contributed by atoms with Crippen molar-refractivity contribution in [2.45, 2.75) is 26.7 Å². The lowest BCUT2D eigenvalue weighted by molar-refractivity contribution is 0.0607. The third-order valence-corrected chi connectivity index (χ3v) is 4.91. The summed E-state index contributed by atoms with van der Waals surface area (Å²) in [6.07, 6.45) is 2.57. The predicted octanol–water partition coefficient (Wildman–Crippen LogP) is 1.65. The Labute approximate surface area is 132 Å². The molecule has 0 unspecified atom stereocenters.